The summed E-state index contributed by atoms with van der Waals surface area (Å²) in [5.41, 5.74) is 3.94. The summed E-state index contributed by atoms with van der Waals surface area (Å²) in [6.07, 6.45) is 6.22. The second kappa shape index (κ2) is 29.1. The van der Waals surface area contributed by atoms with E-state index in [-0.39, 0.29) is 89.1 Å². The van der Waals surface area contributed by atoms with Crippen LogP contribution in [0.5, 0.6) is 0 Å². The number of aromatic nitrogens is 4. The van der Waals surface area contributed by atoms with Gasteiger partial charge in [0.1, 0.15) is 6.04 Å². The van der Waals surface area contributed by atoms with Gasteiger partial charge in [0.05, 0.1) is 27.3 Å². The van der Waals surface area contributed by atoms with Crippen molar-refractivity contribution in [1.82, 2.24) is 35.6 Å². The molecule has 1 radical (unpaired) electrons. The minimum absolute atomic E-state index is 0. The summed E-state index contributed by atoms with van der Waals surface area (Å²) >= 11 is 0. The number of nitrogens with one attached hydrogen (secondary N) is 3. The topological polar surface area (TPSA) is 260 Å². The van der Waals surface area contributed by atoms with Crippen LogP contribution in [0.15, 0.2) is 110 Å². The third kappa shape index (κ3) is 19.7. The number of amides is 5. The number of benzene rings is 2. The van der Waals surface area contributed by atoms with Gasteiger partial charge in [-0.15, -0.1) is 29.3 Å². The molecule has 5 amide bonds. The van der Waals surface area contributed by atoms with Gasteiger partial charge in [-0.05, 0) is 79.5 Å². The van der Waals surface area contributed by atoms with E-state index in [9.17, 15) is 59.3 Å². The second-order valence-electron chi connectivity index (χ2n) is 15.7. The summed E-state index contributed by atoms with van der Waals surface area (Å²) < 4.78 is 85.6. The van der Waals surface area contributed by atoms with Crippen molar-refractivity contribution < 1.29 is 84.2 Å². The standard InChI is InChI=1S/C28H34N6O10S.2C11H6F2N.Ir/c1-18-10-13-29-20(15-18)21-16-19(11-14-30-21)32-23(35)5-4-6-24(36)33-22(17-45(41,42)43)28(40)31-12-3-2-7-27(39)44-34-25(37)8-9-26(34)38;2*12-8-4-5-9(10(13)7-8)11-3-1-2-6-14-11;/h10-11,13-16,22H,2-9,12,17H2,1H3,(H,31,40)(H,33,36)(H,30,32,35)(H,41,42,43);2*1-4,6-7H;/q;2*-1;/p-1. The average Bonchev–Trinajstić information content (AvgIpc) is 3.66. The van der Waals surface area contributed by atoms with Gasteiger partial charge in [0.15, 0.2) is 0 Å². The smallest absolute Gasteiger partial charge is 0.333 e. The molecule has 5 heterocycles. The molecule has 2 aromatic carbocycles. The molecule has 1 unspecified atom stereocenters. The van der Waals surface area contributed by atoms with Gasteiger partial charge in [-0.1, -0.05) is 47.5 Å². The molecule has 3 N–H and O–H groups in total. The predicted molar refractivity (Wildman–Crippen MR) is 252 cm³/mol. The number of anilines is 1. The molecule has 1 fully saturated rings. The van der Waals surface area contributed by atoms with Gasteiger partial charge < -0.3 is 35.3 Å². The van der Waals surface area contributed by atoms with Crippen LogP contribution in [0.1, 0.15) is 56.9 Å². The SMILES string of the molecule is Cc1ccnc(-c2cc(NC(=O)CCCC(=O)NC(CS(=O)(=O)[O-])C(=O)NCCCCC(=O)ON3C(=O)CCC3=O)ccn2)c1.Fc1c[c-]c(-c2ccccn2)c(F)c1.Fc1c[c-]c(-c2ccccn2)c(F)c1.[Ir]. The molecule has 18 nitrogen and oxygen atoms in total. The van der Waals surface area contributed by atoms with E-state index in [0.29, 0.717) is 33.5 Å². The van der Waals surface area contributed by atoms with Crippen molar-refractivity contribution in [2.75, 3.05) is 17.6 Å². The van der Waals surface area contributed by atoms with Crippen LogP contribution in [0.25, 0.3) is 33.9 Å². The van der Waals surface area contributed by atoms with E-state index in [2.05, 4.69) is 48.0 Å². The van der Waals surface area contributed by atoms with Crippen molar-refractivity contribution in [2.45, 2.75) is 64.3 Å². The molecule has 4 aromatic heterocycles. The summed E-state index contributed by atoms with van der Waals surface area (Å²) in [5, 5.41) is 7.74. The maximum atomic E-state index is 13.2. The molecule has 74 heavy (non-hydrogen) atoms. The molecule has 24 heteroatoms. The van der Waals surface area contributed by atoms with Crippen molar-refractivity contribution in [3.05, 3.63) is 151 Å². The van der Waals surface area contributed by atoms with Gasteiger partial charge in [-0.25, -0.2) is 13.2 Å². The third-order valence-electron chi connectivity index (χ3n) is 9.92. The summed E-state index contributed by atoms with van der Waals surface area (Å²) in [6, 6.07) is 24.3. The van der Waals surface area contributed by atoms with Crippen molar-refractivity contribution in [3.63, 3.8) is 0 Å². The predicted octanol–water partition coefficient (Wildman–Crippen LogP) is 6.14. The minimum atomic E-state index is -4.90. The van der Waals surface area contributed by atoms with E-state index in [1.807, 2.05) is 19.1 Å². The number of aryl methyl sites for hydroxylation is 1. The second-order valence-corrected chi connectivity index (χ2v) is 17.1. The molecular weight excluding hydrogens is 1170 g/mol. The van der Waals surface area contributed by atoms with Crippen LogP contribution in [0, 0.1) is 42.3 Å². The van der Waals surface area contributed by atoms with Crippen molar-refractivity contribution >= 4 is 51.3 Å². The molecular formula is C50H45F4IrN8O10S-3. The summed E-state index contributed by atoms with van der Waals surface area (Å²) in [5.74, 6) is -7.85. The molecule has 0 bridgehead atoms. The number of rotatable bonds is 18. The van der Waals surface area contributed by atoms with Crippen molar-refractivity contribution in [2.24, 2.45) is 0 Å². The number of hydrogen-bond acceptors (Lipinski definition) is 14. The molecule has 391 valence electrons. The average molecular weight is 1220 g/mol. The Morgan fingerprint density at radius 1 is 0.703 bits per heavy atom. The van der Waals surface area contributed by atoms with Gasteiger partial charge in [-0.3, -0.25) is 51.5 Å². The molecule has 0 saturated carbocycles. The Morgan fingerprint density at radius 3 is 1.77 bits per heavy atom. The number of carbonyl (C=O) groups is 6. The first-order valence-electron chi connectivity index (χ1n) is 22.2. The number of hydroxylamine groups is 2. The van der Waals surface area contributed by atoms with Crippen LogP contribution in [-0.4, -0.2) is 91.8 Å². The van der Waals surface area contributed by atoms with Crippen LogP contribution >= 0.6 is 0 Å². The van der Waals surface area contributed by atoms with Crippen LogP contribution in [-0.2, 0) is 63.8 Å². The van der Waals surface area contributed by atoms with Gasteiger partial charge >= 0.3 is 5.97 Å². The van der Waals surface area contributed by atoms with Gasteiger partial charge in [-0.2, -0.15) is 0 Å². The Balaban J connectivity index is 0.000000327. The number of pyridine rings is 4. The first-order valence-corrected chi connectivity index (χ1v) is 23.8. The van der Waals surface area contributed by atoms with Gasteiger partial charge in [0.2, 0.25) is 17.7 Å². The van der Waals surface area contributed by atoms with E-state index < -0.39 is 80.7 Å². The van der Waals surface area contributed by atoms with Crippen LogP contribution in [0.3, 0.4) is 0 Å². The number of halogens is 4. The molecule has 7 rings (SSSR count). The monoisotopic (exact) mass is 1220 g/mol. The fourth-order valence-corrected chi connectivity index (χ4v) is 7.09. The maximum absolute atomic E-state index is 13.2. The van der Waals surface area contributed by atoms with Gasteiger partial charge in [0.25, 0.3) is 11.8 Å². The minimum Gasteiger partial charge on any atom is -0.748 e. The Labute approximate surface area is 435 Å². The summed E-state index contributed by atoms with van der Waals surface area (Å²) in [6.45, 7) is 1.88. The first-order chi connectivity index (χ1) is 34.8. The fourth-order valence-electron chi connectivity index (χ4n) is 6.45. The van der Waals surface area contributed by atoms with Crippen LogP contribution < -0.4 is 16.0 Å². The van der Waals surface area contributed by atoms with E-state index in [1.165, 1.54) is 6.20 Å². The zero-order valence-corrected chi connectivity index (χ0v) is 42.3. The Kier molecular flexibility index (Phi) is 23.2. The molecule has 0 spiro atoms. The Hall–Kier alpha value is -7.66. The normalized spacial score (nSPS) is 12.2. The Bertz CT molecular complexity index is 2920. The summed E-state index contributed by atoms with van der Waals surface area (Å²) in [7, 11) is -4.90. The molecule has 1 atom stereocenters. The third-order valence-corrected chi connectivity index (χ3v) is 10.7. The molecule has 1 aliphatic heterocycles. The van der Waals surface area contributed by atoms with E-state index in [4.69, 9.17) is 4.84 Å². The zero-order chi connectivity index (χ0) is 52.9. The number of imide groups is 1. The largest absolute Gasteiger partial charge is 0.748 e. The summed E-state index contributed by atoms with van der Waals surface area (Å²) in [4.78, 5) is 93.3. The Morgan fingerprint density at radius 2 is 1.24 bits per heavy atom. The zero-order valence-electron chi connectivity index (χ0n) is 39.1. The van der Waals surface area contributed by atoms with Crippen molar-refractivity contribution in [3.8, 4) is 33.9 Å². The molecule has 1 aliphatic rings. The molecule has 6 aromatic rings. The quantitative estimate of drug-likeness (QED) is 0.0287. The van der Waals surface area contributed by atoms with Gasteiger partial charge in [0, 0.05) is 112 Å². The molecule has 1 saturated heterocycles. The van der Waals surface area contributed by atoms with E-state index in [1.54, 1.807) is 67.1 Å². The fraction of sp³-hybridized carbons (Fsp3) is 0.240. The number of hydrogen-bond donors (Lipinski definition) is 3. The first kappa shape index (κ1) is 58.9. The van der Waals surface area contributed by atoms with E-state index >= 15 is 0 Å². The van der Waals surface area contributed by atoms with Crippen LogP contribution in [0.2, 0.25) is 0 Å². The van der Waals surface area contributed by atoms with Crippen molar-refractivity contribution in [1.29, 1.82) is 0 Å². The van der Waals surface area contributed by atoms with Crippen LogP contribution in [0.4, 0.5) is 23.2 Å². The number of carbonyl (C=O) groups excluding carboxylic acids is 6. The maximum Gasteiger partial charge on any atom is 0.333 e. The number of unbranched alkanes of at least 4 members (excludes halogenated alkanes) is 1. The van der Waals surface area contributed by atoms with E-state index in [0.717, 1.165) is 29.8 Å². The molecule has 0 aliphatic carbocycles. The number of nitrogens with zero attached hydrogens (tertiary/aromatic N) is 5.